The van der Waals surface area contributed by atoms with Crippen molar-refractivity contribution in [2.45, 2.75) is 51.2 Å². The van der Waals surface area contributed by atoms with Crippen molar-refractivity contribution in [3.63, 3.8) is 0 Å². The second kappa shape index (κ2) is 8.67. The lowest BCUT2D eigenvalue weighted by Crippen LogP contribution is -2.45. The molecule has 144 valence electrons. The fraction of sp³-hybridized carbons (Fsp3) is 0.450. The molecule has 7 heteroatoms. The second-order valence-corrected chi connectivity index (χ2v) is 7.26. The van der Waals surface area contributed by atoms with Crippen LogP contribution in [-0.4, -0.2) is 40.2 Å². The molecule has 1 amide bonds. The van der Waals surface area contributed by atoms with E-state index >= 15 is 0 Å². The predicted molar refractivity (Wildman–Crippen MR) is 103 cm³/mol. The van der Waals surface area contributed by atoms with E-state index in [1.165, 1.54) is 0 Å². The van der Waals surface area contributed by atoms with Crippen molar-refractivity contribution in [1.82, 2.24) is 15.3 Å². The number of amides is 1. The minimum absolute atomic E-state index is 0.224. The van der Waals surface area contributed by atoms with Gasteiger partial charge in [0.2, 0.25) is 5.88 Å². The summed E-state index contributed by atoms with van der Waals surface area (Å²) in [6, 6.07) is 5.19. The van der Waals surface area contributed by atoms with E-state index < -0.39 is 6.10 Å². The van der Waals surface area contributed by atoms with E-state index in [0.717, 1.165) is 30.4 Å². The Morgan fingerprint density at radius 2 is 2.15 bits per heavy atom. The molecule has 1 saturated carbocycles. The molecular formula is C20H24ClN3O3. The Balaban J connectivity index is 1.79. The maximum atomic E-state index is 12.7. The fourth-order valence-electron chi connectivity index (χ4n) is 3.35. The molecule has 0 aromatic carbocycles. The number of aryl methyl sites for hydroxylation is 1. The number of halogens is 1. The number of methoxy groups -OCH3 is 1. The van der Waals surface area contributed by atoms with E-state index in [4.69, 9.17) is 16.3 Å². The molecule has 6 nitrogen and oxygen atoms in total. The lowest BCUT2D eigenvalue weighted by Gasteiger charge is -2.28. The van der Waals surface area contributed by atoms with Crippen LogP contribution in [0.3, 0.4) is 0 Å². The smallest absolute Gasteiger partial charge is 0.270 e. The molecule has 0 spiro atoms. The van der Waals surface area contributed by atoms with Gasteiger partial charge >= 0.3 is 0 Å². The number of carbonyl (C=O) groups excluding carboxylic acids is 1. The summed E-state index contributed by atoms with van der Waals surface area (Å²) in [7, 11) is 1.57. The first kappa shape index (κ1) is 19.6. The van der Waals surface area contributed by atoms with E-state index in [2.05, 4.69) is 15.3 Å². The van der Waals surface area contributed by atoms with Crippen LogP contribution in [0.15, 0.2) is 24.4 Å². The van der Waals surface area contributed by atoms with E-state index in [1.54, 1.807) is 32.4 Å². The van der Waals surface area contributed by atoms with Crippen LogP contribution >= 0.6 is 11.6 Å². The number of aliphatic hydroxyl groups excluding tert-OH is 1. The van der Waals surface area contributed by atoms with Crippen LogP contribution in [0.5, 0.6) is 5.88 Å². The van der Waals surface area contributed by atoms with Gasteiger partial charge in [-0.05, 0) is 37.0 Å². The lowest BCUT2D eigenvalue weighted by atomic mass is 9.92. The third kappa shape index (κ3) is 4.76. The Bertz CT molecular complexity index is 811. The van der Waals surface area contributed by atoms with E-state index in [-0.39, 0.29) is 11.9 Å². The third-order valence-electron chi connectivity index (χ3n) is 4.88. The molecule has 2 aromatic rings. The Morgan fingerprint density at radius 3 is 2.81 bits per heavy atom. The summed E-state index contributed by atoms with van der Waals surface area (Å²) < 4.78 is 5.07. The zero-order chi connectivity index (χ0) is 19.4. The van der Waals surface area contributed by atoms with Crippen LogP contribution in [0.25, 0.3) is 0 Å². The quantitative estimate of drug-likeness (QED) is 0.820. The maximum Gasteiger partial charge on any atom is 0.270 e. The van der Waals surface area contributed by atoms with Crippen LogP contribution in [0, 0.1) is 6.92 Å². The summed E-state index contributed by atoms with van der Waals surface area (Å²) in [6.07, 6.45) is 5.25. The van der Waals surface area contributed by atoms with E-state index in [9.17, 15) is 9.90 Å². The summed E-state index contributed by atoms with van der Waals surface area (Å²) in [6.45, 7) is 1.78. The number of hydrogen-bond acceptors (Lipinski definition) is 5. The first-order valence-corrected chi connectivity index (χ1v) is 9.49. The summed E-state index contributed by atoms with van der Waals surface area (Å²) in [5.74, 6) is 0.261. The highest BCUT2D eigenvalue weighted by Gasteiger charge is 2.25. The van der Waals surface area contributed by atoms with Crippen molar-refractivity contribution in [2.75, 3.05) is 7.11 Å². The van der Waals surface area contributed by atoms with Crippen LogP contribution < -0.4 is 10.1 Å². The normalized spacial score (nSPS) is 19.6. The molecule has 27 heavy (non-hydrogen) atoms. The standard InChI is InChI=1S/C20H24ClN3O3/c1-12-19(21)14(9-13-7-8-18(27-2)22-11-13)10-16(23-12)20(26)24-15-5-3-4-6-17(15)25/h7-8,10-11,15,17,25H,3-6,9H2,1-2H3,(H,24,26)/t15-,17-/m0/s1. The molecule has 0 unspecified atom stereocenters. The molecule has 0 aliphatic heterocycles. The summed E-state index contributed by atoms with van der Waals surface area (Å²) >= 11 is 6.41. The molecule has 2 aromatic heterocycles. The van der Waals surface area contributed by atoms with Gasteiger partial charge in [0.25, 0.3) is 5.91 Å². The van der Waals surface area contributed by atoms with Crippen molar-refractivity contribution >= 4 is 17.5 Å². The molecule has 3 rings (SSSR count). The molecular weight excluding hydrogens is 366 g/mol. The average molecular weight is 390 g/mol. The molecule has 1 aliphatic rings. The van der Waals surface area contributed by atoms with Gasteiger partial charge in [0, 0.05) is 18.7 Å². The molecule has 0 saturated heterocycles. The lowest BCUT2D eigenvalue weighted by molar-refractivity contribution is 0.0713. The summed E-state index contributed by atoms with van der Waals surface area (Å²) in [5, 5.41) is 13.5. The van der Waals surface area contributed by atoms with Crippen LogP contribution in [0.2, 0.25) is 5.02 Å². The van der Waals surface area contributed by atoms with Gasteiger partial charge in [-0.3, -0.25) is 4.79 Å². The monoisotopic (exact) mass is 389 g/mol. The van der Waals surface area contributed by atoms with Crippen LogP contribution in [0.1, 0.15) is 53.0 Å². The van der Waals surface area contributed by atoms with E-state index in [1.807, 2.05) is 6.07 Å². The highest BCUT2D eigenvalue weighted by atomic mass is 35.5. The van der Waals surface area contributed by atoms with Gasteiger partial charge in [0.05, 0.1) is 30.0 Å². The highest BCUT2D eigenvalue weighted by molar-refractivity contribution is 6.32. The van der Waals surface area contributed by atoms with Crippen molar-refractivity contribution in [3.05, 3.63) is 51.9 Å². The van der Waals surface area contributed by atoms with Crippen molar-refractivity contribution < 1.29 is 14.6 Å². The number of nitrogens with one attached hydrogen (secondary N) is 1. The van der Waals surface area contributed by atoms with Gasteiger partial charge in [0.1, 0.15) is 5.69 Å². The Morgan fingerprint density at radius 1 is 1.37 bits per heavy atom. The minimum atomic E-state index is -0.499. The highest BCUT2D eigenvalue weighted by Crippen LogP contribution is 2.24. The van der Waals surface area contributed by atoms with Crippen LogP contribution in [0.4, 0.5) is 0 Å². The molecule has 2 N–H and O–H groups in total. The van der Waals surface area contributed by atoms with E-state index in [0.29, 0.717) is 35.1 Å². The molecule has 1 aliphatic carbocycles. The first-order valence-electron chi connectivity index (χ1n) is 9.12. The van der Waals surface area contributed by atoms with Crippen molar-refractivity contribution in [1.29, 1.82) is 0 Å². The maximum absolute atomic E-state index is 12.7. The number of aliphatic hydroxyl groups is 1. The zero-order valence-electron chi connectivity index (χ0n) is 15.5. The number of rotatable bonds is 5. The third-order valence-corrected chi connectivity index (χ3v) is 5.39. The van der Waals surface area contributed by atoms with Gasteiger partial charge in [-0.2, -0.15) is 0 Å². The van der Waals surface area contributed by atoms with Gasteiger partial charge in [0.15, 0.2) is 0 Å². The number of aromatic nitrogens is 2. The second-order valence-electron chi connectivity index (χ2n) is 6.88. The predicted octanol–water partition coefficient (Wildman–Crippen LogP) is 3.07. The van der Waals surface area contributed by atoms with Gasteiger partial charge in [-0.15, -0.1) is 0 Å². The molecule has 1 fully saturated rings. The molecule has 0 bridgehead atoms. The number of carbonyl (C=O) groups is 1. The number of nitrogens with zero attached hydrogens (tertiary/aromatic N) is 2. The van der Waals surface area contributed by atoms with Crippen molar-refractivity contribution in [3.8, 4) is 5.88 Å². The largest absolute Gasteiger partial charge is 0.481 e. The van der Waals surface area contributed by atoms with Gasteiger partial charge in [-0.25, -0.2) is 9.97 Å². The molecule has 0 radical (unpaired) electrons. The zero-order valence-corrected chi connectivity index (χ0v) is 16.3. The number of pyridine rings is 2. The Labute approximate surface area is 163 Å². The SMILES string of the molecule is COc1ccc(Cc2cc(C(=O)N[C@H]3CCCC[C@@H]3O)nc(C)c2Cl)cn1. The number of ether oxygens (including phenoxy) is 1. The molecule has 2 atom stereocenters. The Hall–Kier alpha value is -2.18. The minimum Gasteiger partial charge on any atom is -0.481 e. The van der Waals surface area contributed by atoms with Gasteiger partial charge in [-0.1, -0.05) is 30.5 Å². The average Bonchev–Trinajstić information content (AvgIpc) is 2.67. The summed E-state index contributed by atoms with van der Waals surface area (Å²) in [5.41, 5.74) is 2.68. The number of hydrogen-bond donors (Lipinski definition) is 2. The fourth-order valence-corrected chi connectivity index (χ4v) is 3.51. The Kier molecular flexibility index (Phi) is 6.29. The topological polar surface area (TPSA) is 84.3 Å². The molecule has 2 heterocycles. The summed E-state index contributed by atoms with van der Waals surface area (Å²) in [4.78, 5) is 21.2. The van der Waals surface area contributed by atoms with Crippen LogP contribution in [-0.2, 0) is 6.42 Å². The van der Waals surface area contributed by atoms with Crippen molar-refractivity contribution in [2.24, 2.45) is 0 Å². The first-order chi connectivity index (χ1) is 13.0. The van der Waals surface area contributed by atoms with Gasteiger partial charge < -0.3 is 15.2 Å².